The summed E-state index contributed by atoms with van der Waals surface area (Å²) in [5, 5.41) is 9.66. The SMILES string of the molecule is CCc1cccc(C)c1OC(=O)Oc1ccc(OC)c(O)c1. The highest BCUT2D eigenvalue weighted by molar-refractivity contribution is 5.68. The molecule has 0 spiro atoms. The van der Waals surface area contributed by atoms with E-state index in [1.165, 1.54) is 25.3 Å². The van der Waals surface area contributed by atoms with E-state index in [4.69, 9.17) is 14.2 Å². The van der Waals surface area contributed by atoms with Gasteiger partial charge in [0.2, 0.25) is 0 Å². The molecule has 2 aromatic rings. The van der Waals surface area contributed by atoms with Gasteiger partial charge in [0, 0.05) is 6.07 Å². The lowest BCUT2D eigenvalue weighted by Gasteiger charge is -2.12. The number of methoxy groups -OCH3 is 1. The van der Waals surface area contributed by atoms with Crippen molar-refractivity contribution in [3.8, 4) is 23.0 Å². The minimum absolute atomic E-state index is 0.113. The normalized spacial score (nSPS) is 10.1. The number of carbonyl (C=O) groups excluding carboxylic acids is 1. The monoisotopic (exact) mass is 302 g/mol. The number of hydrogen-bond acceptors (Lipinski definition) is 5. The number of carbonyl (C=O) groups is 1. The summed E-state index contributed by atoms with van der Waals surface area (Å²) in [4.78, 5) is 11.9. The molecule has 0 unspecified atom stereocenters. The molecule has 0 aliphatic rings. The van der Waals surface area contributed by atoms with Crippen LogP contribution in [-0.2, 0) is 6.42 Å². The number of hydrogen-bond donors (Lipinski definition) is 1. The molecule has 0 amide bonds. The first-order chi connectivity index (χ1) is 10.5. The van der Waals surface area contributed by atoms with Crippen LogP contribution in [0.3, 0.4) is 0 Å². The van der Waals surface area contributed by atoms with Crippen LogP contribution in [0.1, 0.15) is 18.1 Å². The maximum atomic E-state index is 11.9. The Balaban J connectivity index is 2.12. The van der Waals surface area contributed by atoms with E-state index < -0.39 is 6.16 Å². The van der Waals surface area contributed by atoms with Gasteiger partial charge >= 0.3 is 6.16 Å². The summed E-state index contributed by atoms with van der Waals surface area (Å²) in [6.45, 7) is 3.84. The summed E-state index contributed by atoms with van der Waals surface area (Å²) in [5.41, 5.74) is 1.78. The topological polar surface area (TPSA) is 65.0 Å². The van der Waals surface area contributed by atoms with Crippen molar-refractivity contribution < 1.29 is 24.1 Å². The van der Waals surface area contributed by atoms with Gasteiger partial charge in [-0.25, -0.2) is 4.79 Å². The third-order valence-corrected chi connectivity index (χ3v) is 3.21. The zero-order chi connectivity index (χ0) is 16.1. The molecule has 1 N–H and O–H groups in total. The van der Waals surface area contributed by atoms with Crippen molar-refractivity contribution in [1.29, 1.82) is 0 Å². The third kappa shape index (κ3) is 3.49. The highest BCUT2D eigenvalue weighted by Crippen LogP contribution is 2.30. The van der Waals surface area contributed by atoms with Crippen molar-refractivity contribution >= 4 is 6.16 Å². The van der Waals surface area contributed by atoms with Crippen molar-refractivity contribution in [3.05, 3.63) is 47.5 Å². The number of aryl methyl sites for hydroxylation is 2. The van der Waals surface area contributed by atoms with Crippen LogP contribution < -0.4 is 14.2 Å². The van der Waals surface area contributed by atoms with Crippen LogP contribution in [0.25, 0.3) is 0 Å². The standard InChI is InChI=1S/C17H18O5/c1-4-12-7-5-6-11(2)16(12)22-17(19)21-13-8-9-15(20-3)14(18)10-13/h5-10,18H,4H2,1-3H3. The molecule has 0 heterocycles. The Hall–Kier alpha value is -2.69. The molecule has 0 atom stereocenters. The molecule has 5 nitrogen and oxygen atoms in total. The molecule has 0 aromatic heterocycles. The predicted molar refractivity (Wildman–Crippen MR) is 81.9 cm³/mol. The van der Waals surface area contributed by atoms with Gasteiger partial charge in [-0.15, -0.1) is 0 Å². The van der Waals surface area contributed by atoms with Crippen LogP contribution in [0, 0.1) is 6.92 Å². The number of para-hydroxylation sites is 1. The number of phenolic OH excluding ortho intramolecular Hbond substituents is 1. The molecule has 0 aliphatic heterocycles. The maximum Gasteiger partial charge on any atom is 0.519 e. The molecule has 0 bridgehead atoms. The Bertz CT molecular complexity index is 679. The van der Waals surface area contributed by atoms with Crippen molar-refractivity contribution in [1.82, 2.24) is 0 Å². The van der Waals surface area contributed by atoms with E-state index in [1.54, 1.807) is 0 Å². The average Bonchev–Trinajstić information content (AvgIpc) is 2.49. The van der Waals surface area contributed by atoms with Crippen LogP contribution in [0.15, 0.2) is 36.4 Å². The van der Waals surface area contributed by atoms with E-state index >= 15 is 0 Å². The van der Waals surface area contributed by atoms with Gasteiger partial charge in [0.15, 0.2) is 11.5 Å². The van der Waals surface area contributed by atoms with E-state index in [0.717, 1.165) is 17.5 Å². The smallest absolute Gasteiger partial charge is 0.504 e. The summed E-state index contributed by atoms with van der Waals surface area (Å²) in [6.07, 6.45) is -0.110. The van der Waals surface area contributed by atoms with Crippen LogP contribution >= 0.6 is 0 Å². The second-order valence-electron chi connectivity index (χ2n) is 4.70. The lowest BCUT2D eigenvalue weighted by Crippen LogP contribution is -2.15. The number of phenols is 1. The molecule has 0 aliphatic carbocycles. The summed E-state index contributed by atoms with van der Waals surface area (Å²) >= 11 is 0. The Labute approximate surface area is 129 Å². The first kappa shape index (κ1) is 15.7. The molecule has 0 saturated heterocycles. The zero-order valence-corrected chi connectivity index (χ0v) is 12.8. The minimum atomic E-state index is -0.853. The summed E-state index contributed by atoms with van der Waals surface area (Å²) in [5.74, 6) is 0.869. The lowest BCUT2D eigenvalue weighted by molar-refractivity contribution is 0.151. The second-order valence-corrected chi connectivity index (χ2v) is 4.70. The zero-order valence-electron chi connectivity index (χ0n) is 12.8. The molecule has 5 heteroatoms. The quantitative estimate of drug-likeness (QED) is 0.686. The van der Waals surface area contributed by atoms with Gasteiger partial charge < -0.3 is 19.3 Å². The summed E-state index contributed by atoms with van der Waals surface area (Å²) in [6, 6.07) is 9.98. The first-order valence-corrected chi connectivity index (χ1v) is 6.90. The van der Waals surface area contributed by atoms with Crippen LogP contribution in [-0.4, -0.2) is 18.4 Å². The van der Waals surface area contributed by atoms with Gasteiger partial charge in [0.25, 0.3) is 0 Å². The van der Waals surface area contributed by atoms with Crippen LogP contribution in [0.4, 0.5) is 4.79 Å². The highest BCUT2D eigenvalue weighted by Gasteiger charge is 2.14. The van der Waals surface area contributed by atoms with E-state index in [0.29, 0.717) is 11.5 Å². The summed E-state index contributed by atoms with van der Waals surface area (Å²) < 4.78 is 15.3. The van der Waals surface area contributed by atoms with E-state index in [1.807, 2.05) is 32.0 Å². The molecule has 2 aromatic carbocycles. The van der Waals surface area contributed by atoms with Crippen molar-refractivity contribution in [3.63, 3.8) is 0 Å². The Morgan fingerprint density at radius 1 is 1.18 bits per heavy atom. The molecular formula is C17H18O5. The fourth-order valence-electron chi connectivity index (χ4n) is 2.07. The number of ether oxygens (including phenoxy) is 3. The third-order valence-electron chi connectivity index (χ3n) is 3.21. The highest BCUT2D eigenvalue weighted by atomic mass is 16.7. The average molecular weight is 302 g/mol. The number of rotatable bonds is 4. The molecule has 0 fully saturated rings. The van der Waals surface area contributed by atoms with Crippen molar-refractivity contribution in [2.45, 2.75) is 20.3 Å². The maximum absolute atomic E-state index is 11.9. The van der Waals surface area contributed by atoms with E-state index in [9.17, 15) is 9.90 Å². The number of aromatic hydroxyl groups is 1. The minimum Gasteiger partial charge on any atom is -0.504 e. The molecule has 22 heavy (non-hydrogen) atoms. The fourth-order valence-corrected chi connectivity index (χ4v) is 2.07. The molecule has 116 valence electrons. The van der Waals surface area contributed by atoms with Gasteiger partial charge in [-0.3, -0.25) is 0 Å². The second kappa shape index (κ2) is 6.85. The van der Waals surface area contributed by atoms with Crippen LogP contribution in [0.5, 0.6) is 23.0 Å². The van der Waals surface area contributed by atoms with E-state index in [-0.39, 0.29) is 11.5 Å². The van der Waals surface area contributed by atoms with Crippen LogP contribution in [0.2, 0.25) is 0 Å². The van der Waals surface area contributed by atoms with Gasteiger partial charge in [-0.05, 0) is 36.6 Å². The lowest BCUT2D eigenvalue weighted by atomic mass is 10.1. The Morgan fingerprint density at radius 3 is 2.59 bits per heavy atom. The molecule has 0 saturated carbocycles. The van der Waals surface area contributed by atoms with Gasteiger partial charge in [0.05, 0.1) is 7.11 Å². The van der Waals surface area contributed by atoms with Gasteiger partial charge in [0.1, 0.15) is 11.5 Å². The largest absolute Gasteiger partial charge is 0.519 e. The Morgan fingerprint density at radius 2 is 1.95 bits per heavy atom. The van der Waals surface area contributed by atoms with Crippen molar-refractivity contribution in [2.24, 2.45) is 0 Å². The first-order valence-electron chi connectivity index (χ1n) is 6.90. The van der Waals surface area contributed by atoms with Gasteiger partial charge in [-0.1, -0.05) is 25.1 Å². The molecular weight excluding hydrogens is 284 g/mol. The van der Waals surface area contributed by atoms with E-state index in [2.05, 4.69) is 0 Å². The van der Waals surface area contributed by atoms with Gasteiger partial charge in [-0.2, -0.15) is 0 Å². The predicted octanol–water partition coefficient (Wildman–Crippen LogP) is 3.85. The molecule has 2 rings (SSSR count). The van der Waals surface area contributed by atoms with Crippen molar-refractivity contribution in [2.75, 3.05) is 7.11 Å². The Kier molecular flexibility index (Phi) is 4.88. The number of benzene rings is 2. The molecule has 0 radical (unpaired) electrons. The summed E-state index contributed by atoms with van der Waals surface area (Å²) in [7, 11) is 1.44. The fraction of sp³-hybridized carbons (Fsp3) is 0.235.